The molecule has 0 atom stereocenters. The minimum absolute atomic E-state index is 0.0641. The minimum atomic E-state index is -1.04. The van der Waals surface area contributed by atoms with Crippen LogP contribution in [0.4, 0.5) is 20.2 Å². The third kappa shape index (κ3) is 3.30. The second kappa shape index (κ2) is 5.84. The molecule has 1 fully saturated rings. The minimum Gasteiger partial charge on any atom is -0.381 e. The summed E-state index contributed by atoms with van der Waals surface area (Å²) in [4.78, 5) is 12.1. The van der Waals surface area contributed by atoms with Crippen molar-refractivity contribution in [2.24, 2.45) is 0 Å². The summed E-state index contributed by atoms with van der Waals surface area (Å²) in [5.41, 5.74) is 0.661. The van der Waals surface area contributed by atoms with Crippen molar-refractivity contribution >= 4 is 28.9 Å². The second-order valence-corrected chi connectivity index (χ2v) is 5.34. The van der Waals surface area contributed by atoms with E-state index in [-0.39, 0.29) is 22.4 Å². The lowest BCUT2D eigenvalue weighted by molar-refractivity contribution is 0.102. The van der Waals surface area contributed by atoms with E-state index in [1.165, 1.54) is 12.3 Å². The van der Waals surface area contributed by atoms with Crippen molar-refractivity contribution in [3.63, 3.8) is 0 Å². The number of rotatable bonds is 4. The van der Waals surface area contributed by atoms with Gasteiger partial charge in [-0.15, -0.1) is 5.10 Å². The first-order valence-electron chi connectivity index (χ1n) is 6.58. The van der Waals surface area contributed by atoms with Crippen LogP contribution in [0.2, 0.25) is 5.15 Å². The van der Waals surface area contributed by atoms with E-state index in [1.807, 2.05) is 0 Å². The number of hydrogen-bond acceptors (Lipinski definition) is 4. The van der Waals surface area contributed by atoms with Crippen molar-refractivity contribution in [1.82, 2.24) is 10.2 Å². The van der Waals surface area contributed by atoms with Crippen LogP contribution >= 0.6 is 11.6 Å². The van der Waals surface area contributed by atoms with Gasteiger partial charge in [-0.2, -0.15) is 5.10 Å². The fourth-order valence-electron chi connectivity index (χ4n) is 1.88. The van der Waals surface area contributed by atoms with E-state index in [2.05, 4.69) is 20.8 Å². The summed E-state index contributed by atoms with van der Waals surface area (Å²) in [6.45, 7) is 0. The number of nitrogens with zero attached hydrogens (tertiary/aromatic N) is 2. The molecule has 0 saturated heterocycles. The van der Waals surface area contributed by atoms with Crippen molar-refractivity contribution in [3.05, 3.63) is 46.7 Å². The average Bonchev–Trinajstić information content (AvgIpc) is 3.28. The molecule has 1 amide bonds. The highest BCUT2D eigenvalue weighted by molar-refractivity contribution is 6.29. The van der Waals surface area contributed by atoms with Gasteiger partial charge in [0.2, 0.25) is 0 Å². The van der Waals surface area contributed by atoms with Crippen molar-refractivity contribution < 1.29 is 13.6 Å². The molecular weight excluding hydrogens is 314 g/mol. The topological polar surface area (TPSA) is 66.9 Å². The standard InChI is InChI=1S/C14H11ClF2N4O/c15-13-3-7(6-18-21-13)14(22)20-12-5-10(17)9(16)4-11(12)19-8-1-2-8/h3-6,8,19H,1-2H2,(H,20,22). The summed E-state index contributed by atoms with van der Waals surface area (Å²) in [5, 5.41) is 12.7. The largest absolute Gasteiger partial charge is 0.381 e. The fraction of sp³-hybridized carbons (Fsp3) is 0.214. The number of amides is 1. The zero-order valence-electron chi connectivity index (χ0n) is 11.2. The molecule has 2 N–H and O–H groups in total. The third-order valence-electron chi connectivity index (χ3n) is 3.13. The molecule has 0 spiro atoms. The third-order valence-corrected chi connectivity index (χ3v) is 3.32. The Labute approximate surface area is 129 Å². The summed E-state index contributed by atoms with van der Waals surface area (Å²) in [7, 11) is 0. The van der Waals surface area contributed by atoms with Gasteiger partial charge in [-0.25, -0.2) is 8.78 Å². The SMILES string of the molecule is O=C(Nc1cc(F)c(F)cc1NC1CC1)c1cnnc(Cl)c1. The molecule has 1 aromatic carbocycles. The zero-order valence-corrected chi connectivity index (χ0v) is 12.0. The molecule has 0 aliphatic heterocycles. The summed E-state index contributed by atoms with van der Waals surface area (Å²) >= 11 is 5.67. The number of carbonyl (C=O) groups excluding carboxylic acids is 1. The first kappa shape index (κ1) is 14.6. The number of hydrogen-bond donors (Lipinski definition) is 2. The molecule has 3 rings (SSSR count). The number of benzene rings is 1. The monoisotopic (exact) mass is 324 g/mol. The Bertz CT molecular complexity index is 737. The molecule has 1 aliphatic carbocycles. The van der Waals surface area contributed by atoms with Crippen LogP contribution in [0.15, 0.2) is 24.4 Å². The highest BCUT2D eigenvalue weighted by Gasteiger charge is 2.23. The van der Waals surface area contributed by atoms with E-state index < -0.39 is 17.5 Å². The van der Waals surface area contributed by atoms with Gasteiger partial charge in [0, 0.05) is 18.2 Å². The van der Waals surface area contributed by atoms with Gasteiger partial charge >= 0.3 is 0 Å². The van der Waals surface area contributed by atoms with E-state index in [4.69, 9.17) is 11.6 Å². The average molecular weight is 325 g/mol. The van der Waals surface area contributed by atoms with E-state index in [0.717, 1.165) is 25.0 Å². The number of carbonyl (C=O) groups is 1. The summed E-state index contributed by atoms with van der Waals surface area (Å²) in [5.74, 6) is -2.56. The van der Waals surface area contributed by atoms with E-state index >= 15 is 0 Å². The molecule has 8 heteroatoms. The Morgan fingerprint density at radius 1 is 1.18 bits per heavy atom. The van der Waals surface area contributed by atoms with Crippen LogP contribution in [0, 0.1) is 11.6 Å². The molecule has 2 aromatic rings. The molecule has 114 valence electrons. The lowest BCUT2D eigenvalue weighted by atomic mass is 10.2. The van der Waals surface area contributed by atoms with Crippen molar-refractivity contribution in [3.8, 4) is 0 Å². The molecule has 0 unspecified atom stereocenters. The van der Waals surface area contributed by atoms with Crippen molar-refractivity contribution in [1.29, 1.82) is 0 Å². The molecular formula is C14H11ClF2N4O. The van der Waals surface area contributed by atoms with Gasteiger partial charge in [0.25, 0.3) is 5.91 Å². The van der Waals surface area contributed by atoms with Gasteiger partial charge in [-0.05, 0) is 18.9 Å². The molecule has 1 aromatic heterocycles. The van der Waals surface area contributed by atoms with Crippen LogP contribution in [0.1, 0.15) is 23.2 Å². The van der Waals surface area contributed by atoms with E-state index in [0.29, 0.717) is 5.69 Å². The Balaban J connectivity index is 1.86. The fourth-order valence-corrected chi connectivity index (χ4v) is 2.04. The summed E-state index contributed by atoms with van der Waals surface area (Å²) in [6.07, 6.45) is 3.14. The zero-order chi connectivity index (χ0) is 15.7. The van der Waals surface area contributed by atoms with Crippen LogP contribution in [-0.2, 0) is 0 Å². The van der Waals surface area contributed by atoms with Gasteiger partial charge in [0.05, 0.1) is 23.1 Å². The Morgan fingerprint density at radius 2 is 1.86 bits per heavy atom. The molecule has 1 aliphatic rings. The lowest BCUT2D eigenvalue weighted by Gasteiger charge is -2.13. The molecule has 0 radical (unpaired) electrons. The Hall–Kier alpha value is -2.28. The number of anilines is 2. The van der Waals surface area contributed by atoms with Gasteiger partial charge in [0.15, 0.2) is 16.8 Å². The number of halogens is 3. The Kier molecular flexibility index (Phi) is 3.89. The normalized spacial score (nSPS) is 13.8. The van der Waals surface area contributed by atoms with E-state index in [1.54, 1.807) is 0 Å². The first-order valence-corrected chi connectivity index (χ1v) is 6.96. The lowest BCUT2D eigenvalue weighted by Crippen LogP contribution is -2.15. The summed E-state index contributed by atoms with van der Waals surface area (Å²) < 4.78 is 26.8. The highest BCUT2D eigenvalue weighted by Crippen LogP contribution is 2.31. The number of nitrogens with one attached hydrogen (secondary N) is 2. The summed E-state index contributed by atoms with van der Waals surface area (Å²) in [6, 6.07) is 3.52. The molecule has 1 saturated carbocycles. The molecule has 5 nitrogen and oxygen atoms in total. The van der Waals surface area contributed by atoms with Gasteiger partial charge in [-0.3, -0.25) is 4.79 Å². The van der Waals surface area contributed by atoms with Gasteiger partial charge in [-0.1, -0.05) is 11.6 Å². The predicted octanol–water partition coefficient (Wildman–Crippen LogP) is 3.23. The van der Waals surface area contributed by atoms with Crippen molar-refractivity contribution in [2.75, 3.05) is 10.6 Å². The maximum atomic E-state index is 13.4. The predicted molar refractivity (Wildman–Crippen MR) is 78.0 cm³/mol. The first-order chi connectivity index (χ1) is 10.5. The van der Waals surface area contributed by atoms with Gasteiger partial charge in [0.1, 0.15) is 0 Å². The highest BCUT2D eigenvalue weighted by atomic mass is 35.5. The van der Waals surface area contributed by atoms with Crippen LogP contribution in [-0.4, -0.2) is 22.1 Å². The smallest absolute Gasteiger partial charge is 0.257 e. The molecule has 22 heavy (non-hydrogen) atoms. The van der Waals surface area contributed by atoms with Crippen LogP contribution < -0.4 is 10.6 Å². The van der Waals surface area contributed by atoms with Crippen LogP contribution in [0.25, 0.3) is 0 Å². The second-order valence-electron chi connectivity index (χ2n) is 4.95. The van der Waals surface area contributed by atoms with Gasteiger partial charge < -0.3 is 10.6 Å². The van der Waals surface area contributed by atoms with Crippen LogP contribution in [0.5, 0.6) is 0 Å². The molecule has 1 heterocycles. The maximum absolute atomic E-state index is 13.4. The van der Waals surface area contributed by atoms with Crippen LogP contribution in [0.3, 0.4) is 0 Å². The van der Waals surface area contributed by atoms with E-state index in [9.17, 15) is 13.6 Å². The number of aromatic nitrogens is 2. The quantitative estimate of drug-likeness (QED) is 0.906. The maximum Gasteiger partial charge on any atom is 0.257 e. The molecule has 0 bridgehead atoms. The van der Waals surface area contributed by atoms with Crippen molar-refractivity contribution in [2.45, 2.75) is 18.9 Å². The Morgan fingerprint density at radius 3 is 2.50 bits per heavy atom.